The van der Waals surface area contributed by atoms with E-state index in [2.05, 4.69) is 30.6 Å². The van der Waals surface area contributed by atoms with Crippen LogP contribution in [-0.2, 0) is 16.6 Å². The van der Waals surface area contributed by atoms with Crippen molar-refractivity contribution in [1.82, 2.24) is 14.5 Å². The second-order valence-electron chi connectivity index (χ2n) is 3.75. The number of halogens is 1. The Labute approximate surface area is 119 Å². The van der Waals surface area contributed by atoms with E-state index in [1.807, 2.05) is 6.92 Å². The van der Waals surface area contributed by atoms with E-state index < -0.39 is 10.0 Å². The molecule has 0 bridgehead atoms. The molecular formula is C10H12BrN5O2S. The number of rotatable bonds is 4. The molecule has 2 heterocycles. The Morgan fingerprint density at radius 3 is 2.79 bits per heavy atom. The second kappa shape index (κ2) is 5.17. The van der Waals surface area contributed by atoms with Gasteiger partial charge >= 0.3 is 0 Å². The van der Waals surface area contributed by atoms with Gasteiger partial charge in [-0.15, -0.1) is 0 Å². The highest BCUT2D eigenvalue weighted by Crippen LogP contribution is 2.24. The van der Waals surface area contributed by atoms with Gasteiger partial charge in [-0.25, -0.2) is 9.97 Å². The zero-order valence-corrected chi connectivity index (χ0v) is 12.4. The zero-order chi connectivity index (χ0) is 14.0. The number of imidazole rings is 1. The topological polar surface area (TPSA) is 103 Å². The maximum Gasteiger partial charge on any atom is 0.282 e. The van der Waals surface area contributed by atoms with Crippen molar-refractivity contribution in [2.45, 2.75) is 18.5 Å². The Balaban J connectivity index is 2.30. The summed E-state index contributed by atoms with van der Waals surface area (Å²) < 4.78 is 28.7. The minimum atomic E-state index is -3.75. The van der Waals surface area contributed by atoms with E-state index in [-0.39, 0.29) is 10.8 Å². The van der Waals surface area contributed by atoms with Crippen LogP contribution >= 0.6 is 15.9 Å². The first-order valence-electron chi connectivity index (χ1n) is 5.38. The number of pyridine rings is 1. The molecule has 0 saturated carbocycles. The Hall–Kier alpha value is -1.61. The van der Waals surface area contributed by atoms with Crippen molar-refractivity contribution in [3.8, 4) is 0 Å². The third kappa shape index (κ3) is 3.04. The van der Waals surface area contributed by atoms with Crippen LogP contribution < -0.4 is 10.5 Å². The van der Waals surface area contributed by atoms with Crippen LogP contribution in [0.3, 0.4) is 0 Å². The van der Waals surface area contributed by atoms with E-state index in [9.17, 15) is 8.42 Å². The van der Waals surface area contributed by atoms with Crippen molar-refractivity contribution in [2.24, 2.45) is 0 Å². The van der Waals surface area contributed by atoms with Crippen LogP contribution in [-0.4, -0.2) is 23.0 Å². The quantitative estimate of drug-likeness (QED) is 0.872. The van der Waals surface area contributed by atoms with E-state index >= 15 is 0 Å². The molecule has 0 aliphatic heterocycles. The zero-order valence-electron chi connectivity index (χ0n) is 10.0. The van der Waals surface area contributed by atoms with Crippen molar-refractivity contribution in [2.75, 3.05) is 10.5 Å². The van der Waals surface area contributed by atoms with Gasteiger partial charge in [0.1, 0.15) is 0 Å². The molecule has 0 saturated heterocycles. The molecule has 2 aromatic rings. The van der Waals surface area contributed by atoms with Crippen LogP contribution in [0, 0.1) is 0 Å². The highest BCUT2D eigenvalue weighted by Gasteiger charge is 2.19. The first-order valence-corrected chi connectivity index (χ1v) is 7.65. The molecule has 0 spiro atoms. The summed E-state index contributed by atoms with van der Waals surface area (Å²) in [6, 6.07) is 1.56. The maximum absolute atomic E-state index is 12.1. The molecule has 19 heavy (non-hydrogen) atoms. The summed E-state index contributed by atoms with van der Waals surface area (Å²) in [6.45, 7) is 2.54. The number of sulfonamides is 1. The molecule has 0 radical (unpaired) electrons. The normalized spacial score (nSPS) is 11.5. The van der Waals surface area contributed by atoms with Gasteiger partial charge in [0.2, 0.25) is 0 Å². The molecule has 3 N–H and O–H groups in total. The fourth-order valence-corrected chi connectivity index (χ4v) is 2.94. The van der Waals surface area contributed by atoms with Crippen LogP contribution in [0.15, 0.2) is 34.3 Å². The minimum absolute atomic E-state index is 0.0557. The molecule has 0 aromatic carbocycles. The molecule has 0 unspecified atom stereocenters. The average Bonchev–Trinajstić information content (AvgIpc) is 2.82. The number of aryl methyl sites for hydroxylation is 1. The SMILES string of the molecule is CCn1cnc(S(=O)(=O)Nc2ncc(N)cc2Br)c1. The Bertz CT molecular complexity index is 698. The van der Waals surface area contributed by atoms with Gasteiger partial charge in [0, 0.05) is 12.7 Å². The van der Waals surface area contributed by atoms with E-state index in [0.717, 1.165) is 0 Å². The molecule has 0 fully saturated rings. The minimum Gasteiger partial charge on any atom is -0.397 e. The fraction of sp³-hybridized carbons (Fsp3) is 0.200. The highest BCUT2D eigenvalue weighted by molar-refractivity contribution is 9.10. The molecular weight excluding hydrogens is 334 g/mol. The lowest BCUT2D eigenvalue weighted by atomic mass is 10.4. The third-order valence-electron chi connectivity index (χ3n) is 2.34. The van der Waals surface area contributed by atoms with Gasteiger partial charge in [-0.1, -0.05) is 0 Å². The summed E-state index contributed by atoms with van der Waals surface area (Å²) in [5.74, 6) is 0.167. The Morgan fingerprint density at radius 1 is 1.47 bits per heavy atom. The van der Waals surface area contributed by atoms with Crippen LogP contribution in [0.25, 0.3) is 0 Å². The Kier molecular flexibility index (Phi) is 3.76. The first kappa shape index (κ1) is 13.8. The molecule has 9 heteroatoms. The second-order valence-corrected chi connectivity index (χ2v) is 6.23. The summed E-state index contributed by atoms with van der Waals surface area (Å²) in [7, 11) is -3.75. The van der Waals surface area contributed by atoms with Gasteiger partial charge in [-0.2, -0.15) is 8.42 Å². The molecule has 7 nitrogen and oxygen atoms in total. The summed E-state index contributed by atoms with van der Waals surface area (Å²) in [5, 5.41) is -0.0557. The van der Waals surface area contributed by atoms with Crippen molar-refractivity contribution in [1.29, 1.82) is 0 Å². The standard InChI is InChI=1S/C10H12BrN5O2S/c1-2-16-5-9(14-6-16)19(17,18)15-10-8(11)3-7(12)4-13-10/h3-6H,2,12H2,1H3,(H,13,15). The van der Waals surface area contributed by atoms with E-state index in [1.54, 1.807) is 10.6 Å². The van der Waals surface area contributed by atoms with Crippen molar-refractivity contribution < 1.29 is 8.42 Å². The monoisotopic (exact) mass is 345 g/mol. The Morgan fingerprint density at radius 2 is 2.21 bits per heavy atom. The average molecular weight is 346 g/mol. The van der Waals surface area contributed by atoms with Gasteiger partial charge < -0.3 is 10.3 Å². The number of aromatic nitrogens is 3. The van der Waals surface area contributed by atoms with Crippen LogP contribution in [0.5, 0.6) is 0 Å². The lowest BCUT2D eigenvalue weighted by Gasteiger charge is -2.07. The molecule has 102 valence electrons. The van der Waals surface area contributed by atoms with Crippen LogP contribution in [0.1, 0.15) is 6.92 Å². The van der Waals surface area contributed by atoms with Crippen LogP contribution in [0.4, 0.5) is 11.5 Å². The summed E-state index contributed by atoms with van der Waals surface area (Å²) in [6.07, 6.45) is 4.28. The molecule has 0 aliphatic rings. The van der Waals surface area contributed by atoms with Gasteiger partial charge in [0.25, 0.3) is 10.0 Å². The van der Waals surface area contributed by atoms with Crippen molar-refractivity contribution >= 4 is 37.5 Å². The molecule has 0 atom stereocenters. The number of anilines is 2. The number of nitrogens with zero attached hydrogens (tertiary/aromatic N) is 3. The predicted molar refractivity (Wildman–Crippen MR) is 75.1 cm³/mol. The van der Waals surface area contributed by atoms with Gasteiger partial charge in [0.15, 0.2) is 10.8 Å². The number of hydrogen-bond acceptors (Lipinski definition) is 5. The summed E-state index contributed by atoms with van der Waals surface area (Å²) in [4.78, 5) is 7.77. The van der Waals surface area contributed by atoms with Gasteiger partial charge in [0.05, 0.1) is 22.7 Å². The number of hydrogen-bond donors (Lipinski definition) is 2. The van der Waals surface area contributed by atoms with Crippen molar-refractivity contribution in [3.05, 3.63) is 29.3 Å². The van der Waals surface area contributed by atoms with E-state index in [4.69, 9.17) is 5.73 Å². The number of nitrogen functional groups attached to an aromatic ring is 1. The fourth-order valence-electron chi connectivity index (χ4n) is 1.36. The van der Waals surface area contributed by atoms with Crippen LogP contribution in [0.2, 0.25) is 0 Å². The predicted octanol–water partition coefficient (Wildman–Crippen LogP) is 1.44. The van der Waals surface area contributed by atoms with Gasteiger partial charge in [-0.3, -0.25) is 4.72 Å². The number of nitrogens with one attached hydrogen (secondary N) is 1. The number of nitrogens with two attached hydrogens (primary N) is 1. The third-order valence-corrected chi connectivity index (χ3v) is 4.17. The molecule has 0 amide bonds. The maximum atomic E-state index is 12.1. The van der Waals surface area contributed by atoms with Crippen molar-refractivity contribution in [3.63, 3.8) is 0 Å². The van der Waals surface area contributed by atoms with E-state index in [1.165, 1.54) is 18.7 Å². The first-order chi connectivity index (χ1) is 8.92. The lowest BCUT2D eigenvalue weighted by Crippen LogP contribution is -2.15. The molecule has 2 rings (SSSR count). The summed E-state index contributed by atoms with van der Waals surface area (Å²) in [5.41, 5.74) is 5.97. The smallest absolute Gasteiger partial charge is 0.282 e. The highest BCUT2D eigenvalue weighted by atomic mass is 79.9. The van der Waals surface area contributed by atoms with Gasteiger partial charge in [-0.05, 0) is 28.9 Å². The molecule has 2 aromatic heterocycles. The summed E-state index contributed by atoms with van der Waals surface area (Å²) >= 11 is 3.20. The molecule has 0 aliphatic carbocycles. The lowest BCUT2D eigenvalue weighted by molar-refractivity contribution is 0.597. The largest absolute Gasteiger partial charge is 0.397 e. The van der Waals surface area contributed by atoms with E-state index in [0.29, 0.717) is 16.7 Å².